The molecule has 0 aliphatic carbocycles. The molecule has 0 atom stereocenters. The van der Waals surface area contributed by atoms with E-state index in [0.717, 1.165) is 5.56 Å². The van der Waals surface area contributed by atoms with Gasteiger partial charge < -0.3 is 28.2 Å². The second kappa shape index (κ2) is 8.24. The Morgan fingerprint density at radius 1 is 1.17 bits per heavy atom. The third-order valence-corrected chi connectivity index (χ3v) is 4.58. The molecule has 0 aliphatic rings. The number of aromatic nitrogens is 2. The molecule has 0 radical (unpaired) electrons. The maximum absolute atomic E-state index is 11.0. The van der Waals surface area contributed by atoms with E-state index < -0.39 is 5.76 Å². The number of hydrogen-bond donors (Lipinski definition) is 3. The number of rotatable bonds is 8. The number of H-pyrrole nitrogens is 1. The van der Waals surface area contributed by atoms with E-state index in [-0.39, 0.29) is 24.0 Å². The van der Waals surface area contributed by atoms with Crippen LogP contribution in [0.2, 0.25) is 0 Å². The largest absolute Gasteiger partial charge is 0.504 e. The lowest BCUT2D eigenvalue weighted by molar-refractivity contribution is 0.283. The summed E-state index contributed by atoms with van der Waals surface area (Å²) in [6, 6.07) is 8.65. The highest BCUT2D eigenvalue weighted by Gasteiger charge is 2.15. The molecule has 0 saturated carbocycles. The van der Waals surface area contributed by atoms with Crippen LogP contribution in [0.15, 0.2) is 54.6 Å². The number of aromatic amines is 1. The molecule has 4 rings (SSSR count). The first-order chi connectivity index (χ1) is 14.5. The molecule has 0 bridgehead atoms. The predicted molar refractivity (Wildman–Crippen MR) is 104 cm³/mol. The van der Waals surface area contributed by atoms with E-state index in [1.165, 1.54) is 0 Å². The Balaban J connectivity index is 1.34. The Morgan fingerprint density at radius 2 is 2.03 bits per heavy atom. The summed E-state index contributed by atoms with van der Waals surface area (Å²) in [5.41, 5.74) is 1.49. The fourth-order valence-electron chi connectivity index (χ4n) is 3.03. The zero-order chi connectivity index (χ0) is 21.1. The minimum Gasteiger partial charge on any atom is -0.504 e. The molecule has 0 amide bonds. The van der Waals surface area contributed by atoms with Crippen LogP contribution >= 0.6 is 0 Å². The van der Waals surface area contributed by atoms with Gasteiger partial charge in [0.2, 0.25) is 5.88 Å². The average Bonchev–Trinajstić information content (AvgIpc) is 3.42. The van der Waals surface area contributed by atoms with E-state index in [2.05, 4.69) is 9.97 Å². The van der Waals surface area contributed by atoms with E-state index in [9.17, 15) is 15.0 Å². The lowest BCUT2D eigenvalue weighted by Crippen LogP contribution is -1.98. The van der Waals surface area contributed by atoms with Gasteiger partial charge in [0, 0.05) is 6.42 Å². The first kappa shape index (κ1) is 19.4. The summed E-state index contributed by atoms with van der Waals surface area (Å²) in [7, 11) is 0. The third-order valence-electron chi connectivity index (χ3n) is 4.58. The highest BCUT2D eigenvalue weighted by atomic mass is 16.5. The molecule has 0 aliphatic heterocycles. The van der Waals surface area contributed by atoms with Crippen molar-refractivity contribution in [2.45, 2.75) is 32.8 Å². The Labute approximate surface area is 170 Å². The van der Waals surface area contributed by atoms with Crippen molar-refractivity contribution in [2.24, 2.45) is 0 Å². The molecule has 156 valence electrons. The smallest absolute Gasteiger partial charge is 0.419 e. The third kappa shape index (κ3) is 4.24. The van der Waals surface area contributed by atoms with Crippen LogP contribution in [0.4, 0.5) is 0 Å². The number of benzene rings is 1. The summed E-state index contributed by atoms with van der Waals surface area (Å²) in [6.07, 6.45) is 3.19. The van der Waals surface area contributed by atoms with Crippen LogP contribution in [0, 0.1) is 6.92 Å². The number of aromatic hydroxyl groups is 2. The van der Waals surface area contributed by atoms with Crippen molar-refractivity contribution in [2.75, 3.05) is 0 Å². The van der Waals surface area contributed by atoms with Crippen molar-refractivity contribution in [3.05, 3.63) is 69.9 Å². The number of nitrogens with one attached hydrogen (secondary N) is 1. The van der Waals surface area contributed by atoms with Crippen LogP contribution in [0.3, 0.4) is 0 Å². The molecule has 3 heterocycles. The molecule has 0 fully saturated rings. The lowest BCUT2D eigenvalue weighted by atomic mass is 10.1. The van der Waals surface area contributed by atoms with E-state index in [0.29, 0.717) is 48.1 Å². The molecule has 1 aromatic carbocycles. The van der Waals surface area contributed by atoms with Crippen molar-refractivity contribution in [1.82, 2.24) is 9.97 Å². The van der Waals surface area contributed by atoms with Crippen molar-refractivity contribution < 1.29 is 28.2 Å². The first-order valence-corrected chi connectivity index (χ1v) is 9.35. The van der Waals surface area contributed by atoms with Crippen LogP contribution in [-0.2, 0) is 19.4 Å². The summed E-state index contributed by atoms with van der Waals surface area (Å²) in [5, 5.41) is 19.8. The van der Waals surface area contributed by atoms with Crippen molar-refractivity contribution >= 4 is 0 Å². The fraction of sp³-hybridized carbons (Fsp3) is 0.238. The normalized spacial score (nSPS) is 11.1. The van der Waals surface area contributed by atoms with Gasteiger partial charge >= 0.3 is 5.76 Å². The average molecular weight is 412 g/mol. The van der Waals surface area contributed by atoms with E-state index in [1.54, 1.807) is 37.5 Å². The molecular formula is C21H20N2O7. The van der Waals surface area contributed by atoms with Gasteiger partial charge in [-0.25, -0.2) is 9.78 Å². The van der Waals surface area contributed by atoms with Crippen molar-refractivity contribution in [1.29, 1.82) is 0 Å². The van der Waals surface area contributed by atoms with Crippen molar-refractivity contribution in [3.8, 4) is 29.0 Å². The van der Waals surface area contributed by atoms with Crippen LogP contribution in [0.1, 0.15) is 29.2 Å². The maximum Gasteiger partial charge on any atom is 0.419 e. The number of aryl methyl sites for hydroxylation is 3. The Morgan fingerprint density at radius 3 is 2.73 bits per heavy atom. The van der Waals surface area contributed by atoms with E-state index in [4.69, 9.17) is 18.0 Å². The predicted octanol–water partition coefficient (Wildman–Crippen LogP) is 3.69. The second-order valence-electron chi connectivity index (χ2n) is 6.73. The molecular weight excluding hydrogens is 392 g/mol. The van der Waals surface area contributed by atoms with Gasteiger partial charge in [-0.05, 0) is 49.6 Å². The second-order valence-corrected chi connectivity index (χ2v) is 6.73. The quantitative estimate of drug-likeness (QED) is 0.399. The molecule has 9 nitrogen and oxygen atoms in total. The van der Waals surface area contributed by atoms with Gasteiger partial charge in [0.05, 0.1) is 6.26 Å². The number of ether oxygens (including phenoxy) is 1. The highest BCUT2D eigenvalue weighted by Crippen LogP contribution is 2.29. The molecule has 30 heavy (non-hydrogen) atoms. The number of phenolic OH excluding ortho intramolecular Hbond substituents is 1. The summed E-state index contributed by atoms with van der Waals surface area (Å²) >= 11 is 0. The molecule has 0 saturated heterocycles. The SMILES string of the molecule is Cc1oc(-c2ccco2)nc1COc1ccc(CCCc2oc(=O)[nH]c2O)cc1O. The van der Waals surface area contributed by atoms with Gasteiger partial charge in [0.25, 0.3) is 5.89 Å². The molecule has 4 aromatic rings. The number of nitrogens with zero attached hydrogens (tertiary/aromatic N) is 1. The van der Waals surface area contributed by atoms with Gasteiger partial charge in [0.1, 0.15) is 18.1 Å². The zero-order valence-electron chi connectivity index (χ0n) is 16.2. The summed E-state index contributed by atoms with van der Waals surface area (Å²) in [6.45, 7) is 1.92. The first-order valence-electron chi connectivity index (χ1n) is 9.35. The van der Waals surface area contributed by atoms with Crippen LogP contribution < -0.4 is 10.5 Å². The maximum atomic E-state index is 11.0. The molecule has 0 unspecified atom stereocenters. The minimum atomic E-state index is -0.680. The summed E-state index contributed by atoms with van der Waals surface area (Å²) < 4.78 is 21.4. The zero-order valence-corrected chi connectivity index (χ0v) is 16.2. The van der Waals surface area contributed by atoms with Gasteiger partial charge in [0.15, 0.2) is 23.0 Å². The highest BCUT2D eigenvalue weighted by molar-refractivity contribution is 5.45. The lowest BCUT2D eigenvalue weighted by Gasteiger charge is -2.09. The topological polar surface area (TPSA) is 135 Å². The van der Waals surface area contributed by atoms with Gasteiger partial charge in [-0.15, -0.1) is 0 Å². The molecule has 9 heteroatoms. The number of phenols is 1. The Hall–Kier alpha value is -3.88. The van der Waals surface area contributed by atoms with Crippen LogP contribution in [-0.4, -0.2) is 20.2 Å². The number of oxazole rings is 2. The van der Waals surface area contributed by atoms with Gasteiger partial charge in [-0.2, -0.15) is 0 Å². The fourth-order valence-corrected chi connectivity index (χ4v) is 3.03. The number of hydrogen-bond acceptors (Lipinski definition) is 8. The Bertz CT molecular complexity index is 1180. The van der Waals surface area contributed by atoms with E-state index >= 15 is 0 Å². The summed E-state index contributed by atoms with van der Waals surface area (Å²) in [5.74, 6) is 1.15. The van der Waals surface area contributed by atoms with Crippen molar-refractivity contribution in [3.63, 3.8) is 0 Å². The summed E-state index contributed by atoms with van der Waals surface area (Å²) in [4.78, 5) is 17.6. The van der Waals surface area contributed by atoms with Gasteiger partial charge in [-0.3, -0.25) is 4.98 Å². The number of furan rings is 1. The van der Waals surface area contributed by atoms with Crippen LogP contribution in [0.25, 0.3) is 11.7 Å². The minimum absolute atomic E-state index is 0.0101. The van der Waals surface area contributed by atoms with Gasteiger partial charge in [-0.1, -0.05) is 6.07 Å². The van der Waals surface area contributed by atoms with Crippen LogP contribution in [0.5, 0.6) is 17.4 Å². The monoisotopic (exact) mass is 412 g/mol. The van der Waals surface area contributed by atoms with E-state index in [1.807, 2.05) is 6.07 Å². The Kier molecular flexibility index (Phi) is 5.34. The molecule has 0 spiro atoms. The molecule has 3 N–H and O–H groups in total. The standard InChI is InChI=1S/C21H20N2O7/c1-12-14(22-20(29-12)18-6-3-9-27-18)11-28-16-8-7-13(10-15(16)24)4-2-5-17-19(25)23-21(26)30-17/h3,6-10,24-25H,2,4-5,11H2,1H3,(H,23,26). The molecule has 3 aromatic heterocycles.